The molecule has 1 N–H and O–H groups in total. The number of carboxylic acids is 1. The minimum atomic E-state index is -0.803. The van der Waals surface area contributed by atoms with E-state index < -0.39 is 5.97 Å². The van der Waals surface area contributed by atoms with Gasteiger partial charge in [0.2, 0.25) is 0 Å². The van der Waals surface area contributed by atoms with Crippen molar-refractivity contribution in [3.8, 4) is 0 Å². The number of nitrogens with zero attached hydrogens (tertiary/aromatic N) is 2. The topological polar surface area (TPSA) is 66.6 Å². The maximum absolute atomic E-state index is 10.5. The zero-order chi connectivity index (χ0) is 13.0. The molecule has 0 amide bonds. The number of rotatable bonds is 6. The minimum Gasteiger partial charge on any atom is -0.481 e. The van der Waals surface area contributed by atoms with Gasteiger partial charge in [-0.1, -0.05) is 6.92 Å². The lowest BCUT2D eigenvalue weighted by Gasteiger charge is -2.11. The molecule has 0 bridgehead atoms. The van der Waals surface area contributed by atoms with Gasteiger partial charge in [0.1, 0.15) is 5.76 Å². The molecular weight excluding hydrogens is 232 g/mol. The van der Waals surface area contributed by atoms with Gasteiger partial charge in [0.25, 0.3) is 0 Å². The van der Waals surface area contributed by atoms with E-state index in [1.54, 1.807) is 6.20 Å². The molecule has 18 heavy (non-hydrogen) atoms. The smallest absolute Gasteiger partial charge is 0.303 e. The fourth-order valence-corrected chi connectivity index (χ4v) is 2.40. The lowest BCUT2D eigenvalue weighted by Crippen LogP contribution is -2.20. The molecule has 0 saturated carbocycles. The van der Waals surface area contributed by atoms with E-state index in [1.165, 1.54) is 6.42 Å². The van der Waals surface area contributed by atoms with Gasteiger partial charge in [-0.15, -0.1) is 0 Å². The summed E-state index contributed by atoms with van der Waals surface area (Å²) < 4.78 is 5.57. The lowest BCUT2D eigenvalue weighted by molar-refractivity contribution is -0.137. The molecule has 0 aromatic carbocycles. The highest BCUT2D eigenvalue weighted by molar-refractivity contribution is 5.66. The van der Waals surface area contributed by atoms with Crippen LogP contribution in [0.4, 0.5) is 0 Å². The van der Waals surface area contributed by atoms with Crippen LogP contribution in [0.1, 0.15) is 31.4 Å². The van der Waals surface area contributed by atoms with Crippen molar-refractivity contribution in [3.63, 3.8) is 0 Å². The molecule has 1 saturated heterocycles. The van der Waals surface area contributed by atoms with Crippen molar-refractivity contribution in [2.75, 3.05) is 19.6 Å². The van der Waals surface area contributed by atoms with Crippen LogP contribution in [0.15, 0.2) is 10.6 Å². The van der Waals surface area contributed by atoms with E-state index in [0.29, 0.717) is 18.1 Å². The Balaban J connectivity index is 1.81. The first-order chi connectivity index (χ1) is 8.67. The molecule has 1 atom stereocenters. The number of likely N-dealkylation sites (tertiary alicyclic amines) is 1. The van der Waals surface area contributed by atoms with Gasteiger partial charge in [-0.3, -0.25) is 4.79 Å². The molecule has 1 aliphatic rings. The molecule has 1 unspecified atom stereocenters. The van der Waals surface area contributed by atoms with Crippen molar-refractivity contribution in [2.24, 2.45) is 5.92 Å². The summed E-state index contributed by atoms with van der Waals surface area (Å²) in [7, 11) is 0. The SMILES string of the molecule is CCN1CCC(Cc2ncc(CCC(=O)O)o2)C1. The molecule has 100 valence electrons. The third-order valence-electron chi connectivity index (χ3n) is 3.47. The Labute approximate surface area is 107 Å². The van der Waals surface area contributed by atoms with E-state index in [0.717, 1.165) is 31.9 Å². The summed E-state index contributed by atoms with van der Waals surface area (Å²) in [5.41, 5.74) is 0. The minimum absolute atomic E-state index is 0.0989. The Bertz CT molecular complexity index is 403. The van der Waals surface area contributed by atoms with E-state index >= 15 is 0 Å². The van der Waals surface area contributed by atoms with Gasteiger partial charge in [-0.25, -0.2) is 4.98 Å². The largest absolute Gasteiger partial charge is 0.481 e. The number of aromatic nitrogens is 1. The highest BCUT2D eigenvalue weighted by Gasteiger charge is 2.23. The maximum atomic E-state index is 10.5. The normalized spacial score (nSPS) is 20.4. The Kier molecular flexibility index (Phi) is 4.36. The fraction of sp³-hybridized carbons (Fsp3) is 0.692. The second-order valence-corrected chi connectivity index (χ2v) is 4.87. The molecule has 0 spiro atoms. The Morgan fingerprint density at radius 1 is 1.67 bits per heavy atom. The van der Waals surface area contributed by atoms with E-state index in [-0.39, 0.29) is 6.42 Å². The first-order valence-electron chi connectivity index (χ1n) is 6.55. The molecule has 1 aromatic heterocycles. The summed E-state index contributed by atoms with van der Waals surface area (Å²) in [5, 5.41) is 8.60. The monoisotopic (exact) mass is 252 g/mol. The number of aryl methyl sites for hydroxylation is 1. The van der Waals surface area contributed by atoms with Crippen LogP contribution >= 0.6 is 0 Å². The van der Waals surface area contributed by atoms with Crippen molar-refractivity contribution < 1.29 is 14.3 Å². The second-order valence-electron chi connectivity index (χ2n) is 4.87. The summed E-state index contributed by atoms with van der Waals surface area (Å²) in [6.45, 7) is 5.56. The molecule has 1 fully saturated rings. The lowest BCUT2D eigenvalue weighted by atomic mass is 10.1. The first kappa shape index (κ1) is 13.1. The predicted molar refractivity (Wildman–Crippen MR) is 66.4 cm³/mol. The summed E-state index contributed by atoms with van der Waals surface area (Å²) >= 11 is 0. The van der Waals surface area contributed by atoms with Crippen LogP contribution in [0, 0.1) is 5.92 Å². The number of carboxylic acid groups (broad SMARTS) is 1. The van der Waals surface area contributed by atoms with Crippen LogP contribution in [0.5, 0.6) is 0 Å². The molecule has 1 aromatic rings. The number of carbonyl (C=O) groups is 1. The highest BCUT2D eigenvalue weighted by Crippen LogP contribution is 2.20. The van der Waals surface area contributed by atoms with Crippen molar-refractivity contribution in [3.05, 3.63) is 17.8 Å². The Hall–Kier alpha value is -1.36. The first-order valence-corrected chi connectivity index (χ1v) is 6.55. The molecule has 5 heteroatoms. The second kappa shape index (κ2) is 6.00. The van der Waals surface area contributed by atoms with Crippen LogP contribution in [0.2, 0.25) is 0 Å². The number of hydrogen-bond acceptors (Lipinski definition) is 4. The number of aliphatic carboxylic acids is 1. The molecule has 0 aliphatic carbocycles. The van der Waals surface area contributed by atoms with Gasteiger partial charge < -0.3 is 14.4 Å². The Morgan fingerprint density at radius 2 is 2.50 bits per heavy atom. The summed E-state index contributed by atoms with van der Waals surface area (Å²) in [6.07, 6.45) is 4.24. The molecule has 5 nitrogen and oxygen atoms in total. The van der Waals surface area contributed by atoms with Crippen LogP contribution < -0.4 is 0 Å². The average Bonchev–Trinajstić information content (AvgIpc) is 2.96. The van der Waals surface area contributed by atoms with E-state index in [9.17, 15) is 4.79 Å². The highest BCUT2D eigenvalue weighted by atomic mass is 16.4. The third-order valence-corrected chi connectivity index (χ3v) is 3.47. The molecule has 2 rings (SSSR count). The van der Waals surface area contributed by atoms with Gasteiger partial charge in [-0.05, 0) is 25.4 Å². The number of hydrogen-bond donors (Lipinski definition) is 1. The van der Waals surface area contributed by atoms with Crippen LogP contribution in [-0.2, 0) is 17.6 Å². The van der Waals surface area contributed by atoms with Crippen LogP contribution in [0.25, 0.3) is 0 Å². The van der Waals surface area contributed by atoms with Gasteiger partial charge in [0.15, 0.2) is 5.89 Å². The standard InChI is InChI=1S/C13H20N2O3/c1-2-15-6-5-10(9-15)7-12-14-8-11(18-12)3-4-13(16)17/h8,10H,2-7,9H2,1H3,(H,16,17). The van der Waals surface area contributed by atoms with E-state index in [2.05, 4.69) is 16.8 Å². The van der Waals surface area contributed by atoms with Gasteiger partial charge in [-0.2, -0.15) is 0 Å². The number of oxazole rings is 1. The van der Waals surface area contributed by atoms with Gasteiger partial charge in [0.05, 0.1) is 12.6 Å². The van der Waals surface area contributed by atoms with E-state index in [4.69, 9.17) is 9.52 Å². The van der Waals surface area contributed by atoms with Crippen molar-refractivity contribution in [1.82, 2.24) is 9.88 Å². The quantitative estimate of drug-likeness (QED) is 0.832. The van der Waals surface area contributed by atoms with Gasteiger partial charge in [0, 0.05) is 19.4 Å². The molecule has 1 aliphatic heterocycles. The van der Waals surface area contributed by atoms with Crippen molar-refractivity contribution >= 4 is 5.97 Å². The summed E-state index contributed by atoms with van der Waals surface area (Å²) in [4.78, 5) is 17.1. The summed E-state index contributed by atoms with van der Waals surface area (Å²) in [5.74, 6) is 1.24. The fourth-order valence-electron chi connectivity index (χ4n) is 2.40. The van der Waals surface area contributed by atoms with E-state index in [1.807, 2.05) is 0 Å². The molecule has 0 radical (unpaired) electrons. The third kappa shape index (κ3) is 3.57. The molecule has 2 heterocycles. The predicted octanol–water partition coefficient (Wildman–Crippen LogP) is 1.58. The van der Waals surface area contributed by atoms with Crippen LogP contribution in [-0.4, -0.2) is 40.6 Å². The summed E-state index contributed by atoms with van der Waals surface area (Å²) in [6, 6.07) is 0. The molecular formula is C13H20N2O3. The Morgan fingerprint density at radius 3 is 3.17 bits per heavy atom. The maximum Gasteiger partial charge on any atom is 0.303 e. The zero-order valence-corrected chi connectivity index (χ0v) is 10.8. The van der Waals surface area contributed by atoms with Gasteiger partial charge >= 0.3 is 5.97 Å². The van der Waals surface area contributed by atoms with Crippen molar-refractivity contribution in [1.29, 1.82) is 0 Å². The zero-order valence-electron chi connectivity index (χ0n) is 10.8. The average molecular weight is 252 g/mol. The van der Waals surface area contributed by atoms with Crippen LogP contribution in [0.3, 0.4) is 0 Å². The van der Waals surface area contributed by atoms with Crippen molar-refractivity contribution in [2.45, 2.75) is 32.6 Å².